The second kappa shape index (κ2) is 14.5. The first-order valence-corrected chi connectivity index (χ1v) is 10.7. The highest BCUT2D eigenvalue weighted by Gasteiger charge is 2.25. The van der Waals surface area contributed by atoms with Gasteiger partial charge in [0.05, 0.1) is 37.8 Å². The van der Waals surface area contributed by atoms with Gasteiger partial charge in [0.1, 0.15) is 31.9 Å². The van der Waals surface area contributed by atoms with Gasteiger partial charge in [-0.3, -0.25) is 19.2 Å². The molecule has 0 unspecified atom stereocenters. The number of ether oxygens (including phenoxy) is 4. The van der Waals surface area contributed by atoms with Crippen molar-refractivity contribution in [3.05, 3.63) is 18.2 Å². The van der Waals surface area contributed by atoms with Crippen LogP contribution in [0.5, 0.6) is 5.75 Å². The van der Waals surface area contributed by atoms with Gasteiger partial charge in [0.2, 0.25) is 0 Å². The molecule has 1 N–H and O–H groups in total. The molecule has 0 bridgehead atoms. The van der Waals surface area contributed by atoms with Gasteiger partial charge in [-0.15, -0.1) is 0 Å². The number of carbonyl (C=O) groups is 4. The fourth-order valence-corrected chi connectivity index (χ4v) is 2.93. The average Bonchev–Trinajstić information content (AvgIpc) is 2.73. The minimum atomic E-state index is -0.613. The van der Waals surface area contributed by atoms with Crippen molar-refractivity contribution >= 4 is 35.3 Å². The number of phenolic OH excluding ortho intramolecular Hbond substituents is 1. The zero-order valence-corrected chi connectivity index (χ0v) is 19.5. The summed E-state index contributed by atoms with van der Waals surface area (Å²) in [6, 6.07) is 4.14. The van der Waals surface area contributed by atoms with E-state index in [1.54, 1.807) is 27.7 Å². The predicted octanol–water partition coefficient (Wildman–Crippen LogP) is 1.26. The van der Waals surface area contributed by atoms with Gasteiger partial charge in [0, 0.05) is 6.07 Å². The molecule has 0 aliphatic rings. The summed E-state index contributed by atoms with van der Waals surface area (Å²) in [6.07, 6.45) is 0. The van der Waals surface area contributed by atoms with Crippen LogP contribution in [0.15, 0.2) is 18.2 Å². The van der Waals surface area contributed by atoms with Crippen LogP contribution in [-0.4, -0.2) is 81.6 Å². The quantitative estimate of drug-likeness (QED) is 0.312. The number of nitrogens with zero attached hydrogens (tertiary/aromatic N) is 2. The molecule has 0 spiro atoms. The molecule has 0 amide bonds. The molecule has 0 aliphatic carbocycles. The van der Waals surface area contributed by atoms with Gasteiger partial charge in [-0.2, -0.15) is 0 Å². The van der Waals surface area contributed by atoms with E-state index in [-0.39, 0.29) is 64.0 Å². The van der Waals surface area contributed by atoms with E-state index in [4.69, 9.17) is 18.9 Å². The number of hydrogen-bond donors (Lipinski definition) is 1. The lowest BCUT2D eigenvalue weighted by atomic mass is 10.2. The first-order chi connectivity index (χ1) is 15.7. The lowest BCUT2D eigenvalue weighted by molar-refractivity contribution is -0.144. The largest absolute Gasteiger partial charge is 0.508 e. The third-order valence-corrected chi connectivity index (χ3v) is 4.14. The number of carbonyl (C=O) groups excluding carboxylic acids is 4. The molecule has 0 radical (unpaired) electrons. The van der Waals surface area contributed by atoms with Crippen molar-refractivity contribution < 1.29 is 43.2 Å². The normalized spacial score (nSPS) is 10.2. The zero-order chi connectivity index (χ0) is 24.8. The number of phenols is 1. The van der Waals surface area contributed by atoms with E-state index in [1.165, 1.54) is 28.0 Å². The summed E-state index contributed by atoms with van der Waals surface area (Å²) in [5, 5.41) is 10.1. The Bertz CT molecular complexity index is 773. The molecule has 184 valence electrons. The van der Waals surface area contributed by atoms with Crippen LogP contribution < -0.4 is 9.80 Å². The Balaban J connectivity index is 3.45. The third kappa shape index (κ3) is 9.67. The summed E-state index contributed by atoms with van der Waals surface area (Å²) in [4.78, 5) is 51.6. The summed E-state index contributed by atoms with van der Waals surface area (Å²) >= 11 is 0. The Kier molecular flexibility index (Phi) is 12.1. The lowest BCUT2D eigenvalue weighted by Gasteiger charge is -2.30. The van der Waals surface area contributed by atoms with Crippen molar-refractivity contribution in [2.24, 2.45) is 0 Å². The maximum atomic E-state index is 12.2. The molecule has 11 nitrogen and oxygen atoms in total. The van der Waals surface area contributed by atoms with Gasteiger partial charge in [0.25, 0.3) is 0 Å². The highest BCUT2D eigenvalue weighted by molar-refractivity contribution is 5.89. The molecule has 11 heteroatoms. The second-order valence-corrected chi connectivity index (χ2v) is 6.61. The van der Waals surface area contributed by atoms with Crippen LogP contribution in [0.25, 0.3) is 0 Å². The summed E-state index contributed by atoms with van der Waals surface area (Å²) in [7, 11) is 0. The van der Waals surface area contributed by atoms with E-state index in [9.17, 15) is 24.3 Å². The molecule has 0 atom stereocenters. The van der Waals surface area contributed by atoms with Gasteiger partial charge in [-0.05, 0) is 39.8 Å². The topological polar surface area (TPSA) is 132 Å². The van der Waals surface area contributed by atoms with E-state index < -0.39 is 23.9 Å². The van der Waals surface area contributed by atoms with E-state index >= 15 is 0 Å². The Morgan fingerprint density at radius 3 is 1.30 bits per heavy atom. The molecule has 0 saturated heterocycles. The maximum Gasteiger partial charge on any atom is 0.325 e. The van der Waals surface area contributed by atoms with Crippen molar-refractivity contribution in [3.63, 3.8) is 0 Å². The van der Waals surface area contributed by atoms with Gasteiger partial charge in [-0.25, -0.2) is 0 Å². The van der Waals surface area contributed by atoms with E-state index in [2.05, 4.69) is 0 Å². The maximum absolute atomic E-state index is 12.2. The monoisotopic (exact) mass is 468 g/mol. The Morgan fingerprint density at radius 2 is 0.970 bits per heavy atom. The van der Waals surface area contributed by atoms with Crippen LogP contribution >= 0.6 is 0 Å². The predicted molar refractivity (Wildman–Crippen MR) is 119 cm³/mol. The molecule has 1 aromatic carbocycles. The summed E-state index contributed by atoms with van der Waals surface area (Å²) in [6.45, 7) is 5.87. The number of anilines is 2. The third-order valence-electron chi connectivity index (χ3n) is 4.14. The first kappa shape index (κ1) is 27.5. The number of aromatic hydroxyl groups is 1. The van der Waals surface area contributed by atoms with E-state index in [1.807, 2.05) is 0 Å². The van der Waals surface area contributed by atoms with Crippen LogP contribution in [0.2, 0.25) is 0 Å². The molecule has 0 heterocycles. The smallest absolute Gasteiger partial charge is 0.325 e. The molecule has 0 fully saturated rings. The van der Waals surface area contributed by atoms with Crippen LogP contribution in [0.1, 0.15) is 27.7 Å². The van der Waals surface area contributed by atoms with Crippen molar-refractivity contribution in [3.8, 4) is 5.75 Å². The lowest BCUT2D eigenvalue weighted by Crippen LogP contribution is -2.40. The fraction of sp³-hybridized carbons (Fsp3) is 0.545. The van der Waals surface area contributed by atoms with Crippen molar-refractivity contribution in [2.75, 3.05) is 62.4 Å². The molecule has 0 aliphatic heterocycles. The molecule has 33 heavy (non-hydrogen) atoms. The van der Waals surface area contributed by atoms with Crippen molar-refractivity contribution in [2.45, 2.75) is 27.7 Å². The molecule has 1 aromatic rings. The van der Waals surface area contributed by atoms with E-state index in [0.717, 1.165) is 0 Å². The van der Waals surface area contributed by atoms with Crippen molar-refractivity contribution in [1.29, 1.82) is 0 Å². The number of hydrogen-bond acceptors (Lipinski definition) is 11. The van der Waals surface area contributed by atoms with Gasteiger partial charge in [0.15, 0.2) is 0 Å². The van der Waals surface area contributed by atoms with Crippen LogP contribution in [0.3, 0.4) is 0 Å². The standard InChI is InChI=1S/C22H32N2O9/c1-5-30-19(26)12-23(13-20(27)31-6-2)17-10-9-16(25)11-18(17)24(14-21(28)32-7-3)15-22(29)33-8-4/h9-11,25H,5-8,12-15H2,1-4H3. The zero-order valence-electron chi connectivity index (χ0n) is 19.5. The number of benzene rings is 1. The highest BCUT2D eigenvalue weighted by Crippen LogP contribution is 2.33. The second-order valence-electron chi connectivity index (χ2n) is 6.61. The van der Waals surface area contributed by atoms with Gasteiger partial charge < -0.3 is 33.9 Å². The Labute approximate surface area is 193 Å². The minimum Gasteiger partial charge on any atom is -0.508 e. The number of esters is 4. The highest BCUT2D eigenvalue weighted by atomic mass is 16.5. The minimum absolute atomic E-state index is 0.136. The molecular formula is C22H32N2O9. The van der Waals surface area contributed by atoms with Crippen LogP contribution in [0, 0.1) is 0 Å². The SMILES string of the molecule is CCOC(=O)CN(CC(=O)OCC)c1ccc(O)cc1N(CC(=O)OCC)CC(=O)OCC. The summed E-state index contributed by atoms with van der Waals surface area (Å²) in [5.74, 6) is -2.57. The molecule has 0 saturated carbocycles. The van der Waals surface area contributed by atoms with Crippen molar-refractivity contribution in [1.82, 2.24) is 0 Å². The summed E-state index contributed by atoms with van der Waals surface area (Å²) in [5.41, 5.74) is 0.507. The first-order valence-electron chi connectivity index (χ1n) is 10.7. The van der Waals surface area contributed by atoms with Crippen LogP contribution in [-0.2, 0) is 38.1 Å². The Morgan fingerprint density at radius 1 is 0.636 bits per heavy atom. The van der Waals surface area contributed by atoms with Gasteiger partial charge >= 0.3 is 23.9 Å². The Hall–Kier alpha value is -3.50. The van der Waals surface area contributed by atoms with Gasteiger partial charge in [-0.1, -0.05) is 0 Å². The summed E-state index contributed by atoms with van der Waals surface area (Å²) < 4.78 is 20.0. The van der Waals surface area contributed by atoms with Crippen LogP contribution in [0.4, 0.5) is 11.4 Å². The number of rotatable bonds is 14. The molecular weight excluding hydrogens is 436 g/mol. The molecule has 0 aromatic heterocycles. The average molecular weight is 469 g/mol. The molecule has 1 rings (SSSR count). The van der Waals surface area contributed by atoms with E-state index in [0.29, 0.717) is 5.69 Å². The fourth-order valence-electron chi connectivity index (χ4n) is 2.93.